The van der Waals surface area contributed by atoms with Crippen LogP contribution in [0.2, 0.25) is 18.1 Å². The molecule has 1 aliphatic carbocycles. The zero-order valence-electron chi connectivity index (χ0n) is 31.4. The van der Waals surface area contributed by atoms with E-state index in [0.29, 0.717) is 61.1 Å². The number of aromatic nitrogens is 3. The van der Waals surface area contributed by atoms with Crippen LogP contribution in [0.15, 0.2) is 48.5 Å². The number of rotatable bonds is 10. The minimum Gasteiger partial charge on any atom is -0.490 e. The molecule has 0 spiro atoms. The van der Waals surface area contributed by atoms with Crippen molar-refractivity contribution in [2.45, 2.75) is 83.5 Å². The van der Waals surface area contributed by atoms with E-state index >= 15 is 4.39 Å². The van der Waals surface area contributed by atoms with Gasteiger partial charge in [0.25, 0.3) is 5.91 Å². The van der Waals surface area contributed by atoms with Crippen molar-refractivity contribution in [3.63, 3.8) is 0 Å². The molecule has 52 heavy (non-hydrogen) atoms. The highest BCUT2D eigenvalue weighted by Crippen LogP contribution is 2.43. The number of ether oxygens (including phenoxy) is 2. The Labute approximate surface area is 306 Å². The molecule has 276 valence electrons. The van der Waals surface area contributed by atoms with Gasteiger partial charge in [-0.2, -0.15) is 5.10 Å². The van der Waals surface area contributed by atoms with E-state index in [1.54, 1.807) is 10.6 Å². The molecule has 4 heterocycles. The van der Waals surface area contributed by atoms with Crippen LogP contribution in [0.4, 0.5) is 10.1 Å². The average Bonchev–Trinajstić information content (AvgIpc) is 3.67. The summed E-state index contributed by atoms with van der Waals surface area (Å²) >= 11 is 0. The van der Waals surface area contributed by atoms with Crippen LogP contribution in [-0.2, 0) is 20.4 Å². The predicted molar refractivity (Wildman–Crippen MR) is 201 cm³/mol. The van der Waals surface area contributed by atoms with Crippen molar-refractivity contribution in [1.29, 1.82) is 0 Å². The molecule has 3 aliphatic rings. The summed E-state index contributed by atoms with van der Waals surface area (Å²) in [5, 5.41) is 4.94. The molecule has 4 aromatic rings. The second-order valence-electron chi connectivity index (χ2n) is 16.0. The quantitative estimate of drug-likeness (QED) is 0.0938. The highest BCUT2D eigenvalue weighted by molar-refractivity contribution is 6.74. The second-order valence-corrected chi connectivity index (χ2v) is 20.8. The first-order chi connectivity index (χ1) is 24.8. The van der Waals surface area contributed by atoms with Crippen molar-refractivity contribution in [3.05, 3.63) is 76.9 Å². The van der Waals surface area contributed by atoms with Crippen LogP contribution in [0.25, 0.3) is 16.9 Å². The third kappa shape index (κ3) is 6.94. The summed E-state index contributed by atoms with van der Waals surface area (Å²) in [7, 11) is -0.639. The van der Waals surface area contributed by atoms with Gasteiger partial charge in [-0.25, -0.2) is 13.9 Å². The molecule has 2 aromatic carbocycles. The molecule has 0 radical (unpaired) electrons. The smallest absolute Gasteiger partial charge is 0.310 e. The van der Waals surface area contributed by atoms with E-state index in [1.165, 1.54) is 18.7 Å². The predicted octanol–water partition coefficient (Wildman–Crippen LogP) is 7.57. The molecule has 1 saturated heterocycles. The maximum Gasteiger partial charge on any atom is 0.310 e. The Hall–Kier alpha value is -4.29. The molecule has 1 saturated carbocycles. The van der Waals surface area contributed by atoms with Gasteiger partial charge in [-0.15, -0.1) is 0 Å². The van der Waals surface area contributed by atoms with E-state index in [4.69, 9.17) is 24.0 Å². The minimum atomic E-state index is -2.03. The lowest BCUT2D eigenvalue weighted by atomic mass is 9.93. The van der Waals surface area contributed by atoms with Gasteiger partial charge in [-0.05, 0) is 74.0 Å². The molecular weight excluding hydrogens is 678 g/mol. The number of benzene rings is 2. The van der Waals surface area contributed by atoms with Gasteiger partial charge in [0, 0.05) is 49.1 Å². The Morgan fingerprint density at radius 3 is 2.52 bits per heavy atom. The molecular formula is C40H50FN5O5Si. The molecule has 10 nitrogen and oxygen atoms in total. The molecule has 1 amide bonds. The van der Waals surface area contributed by atoms with E-state index in [0.717, 1.165) is 30.5 Å². The summed E-state index contributed by atoms with van der Waals surface area (Å²) in [4.78, 5) is 35.1. The maximum absolute atomic E-state index is 16.5. The largest absolute Gasteiger partial charge is 0.490 e. The number of methoxy groups -OCH3 is 1. The van der Waals surface area contributed by atoms with Gasteiger partial charge in [0.05, 0.1) is 31.2 Å². The molecule has 0 N–H and O–H groups in total. The topological polar surface area (TPSA) is 98.5 Å². The molecule has 12 heteroatoms. The molecule has 0 bridgehead atoms. The standard InChI is InChI=1S/C40H50FN5O5Si/c1-25-30-11-9-8-10-26(30)15-17-45(25)38(47)33-22-34(27-12-13-27)46-36(42-33)23-32(43-46)37-31(41)20-29(44-16-14-28(24-44)39(48)49-5)21-35(37)50-18-19-51-52(6,7)40(2,3)4/h8-11,20-23,25,27-28H,12-19,24H2,1-7H3/t25-,28+/m1/s1. The first-order valence-electron chi connectivity index (χ1n) is 18.5. The number of anilines is 1. The highest BCUT2D eigenvalue weighted by atomic mass is 28.4. The van der Waals surface area contributed by atoms with Gasteiger partial charge in [-0.1, -0.05) is 45.0 Å². The lowest BCUT2D eigenvalue weighted by molar-refractivity contribution is -0.144. The second kappa shape index (κ2) is 13.9. The number of hydrogen-bond donors (Lipinski definition) is 0. The van der Waals surface area contributed by atoms with Crippen LogP contribution in [0.5, 0.6) is 5.75 Å². The van der Waals surface area contributed by atoms with Gasteiger partial charge in [-0.3, -0.25) is 9.59 Å². The summed E-state index contributed by atoms with van der Waals surface area (Å²) in [5.41, 5.74) is 5.41. The van der Waals surface area contributed by atoms with Crippen molar-refractivity contribution < 1.29 is 27.9 Å². The van der Waals surface area contributed by atoms with E-state index in [1.807, 2.05) is 34.1 Å². The number of amides is 1. The molecule has 2 atom stereocenters. The van der Waals surface area contributed by atoms with Crippen LogP contribution in [0.3, 0.4) is 0 Å². The monoisotopic (exact) mass is 727 g/mol. The van der Waals surface area contributed by atoms with Crippen molar-refractivity contribution in [1.82, 2.24) is 19.5 Å². The van der Waals surface area contributed by atoms with Crippen LogP contribution in [-0.4, -0.2) is 79.6 Å². The zero-order chi connectivity index (χ0) is 36.9. The number of esters is 1. The number of halogens is 1. The van der Waals surface area contributed by atoms with Crippen molar-refractivity contribution in [2.24, 2.45) is 5.92 Å². The molecule has 2 aliphatic heterocycles. The maximum atomic E-state index is 16.5. The van der Waals surface area contributed by atoms with Gasteiger partial charge in [0.1, 0.15) is 29.6 Å². The van der Waals surface area contributed by atoms with Gasteiger partial charge in [0.15, 0.2) is 14.0 Å². The van der Waals surface area contributed by atoms with E-state index in [9.17, 15) is 9.59 Å². The fourth-order valence-corrected chi connectivity index (χ4v) is 8.25. The third-order valence-corrected chi connectivity index (χ3v) is 16.1. The Kier molecular flexibility index (Phi) is 9.66. The van der Waals surface area contributed by atoms with Crippen LogP contribution >= 0.6 is 0 Å². The Morgan fingerprint density at radius 2 is 1.79 bits per heavy atom. The lowest BCUT2D eigenvalue weighted by Crippen LogP contribution is -2.41. The summed E-state index contributed by atoms with van der Waals surface area (Å²) in [6.07, 6.45) is 3.39. The Morgan fingerprint density at radius 1 is 1.02 bits per heavy atom. The summed E-state index contributed by atoms with van der Waals surface area (Å²) in [5.74, 6) is -0.569. The normalized spacial score (nSPS) is 19.2. The van der Waals surface area contributed by atoms with Crippen molar-refractivity contribution in [2.75, 3.05) is 44.9 Å². The molecule has 2 fully saturated rings. The SMILES string of the molecule is COC(=O)[C@H]1CCN(c2cc(F)c(-c3cc4nc(C(=O)N5CCc6ccccc6[C@H]5C)cc(C5CC5)n4n3)c(OCCO[Si](C)(C)C(C)(C)C)c2)C1. The fraction of sp³-hybridized carbons (Fsp3) is 0.500. The first kappa shape index (κ1) is 36.1. The third-order valence-electron chi connectivity index (χ3n) is 11.5. The Bertz CT molecular complexity index is 2000. The van der Waals surface area contributed by atoms with Crippen LogP contribution in [0.1, 0.15) is 86.2 Å². The minimum absolute atomic E-state index is 0.0374. The number of carbonyl (C=O) groups is 2. The van der Waals surface area contributed by atoms with E-state index in [-0.39, 0.29) is 47.0 Å². The van der Waals surface area contributed by atoms with Gasteiger partial charge < -0.3 is 23.7 Å². The number of carbonyl (C=O) groups excluding carboxylic acids is 2. The lowest BCUT2D eigenvalue weighted by Gasteiger charge is -2.36. The average molecular weight is 728 g/mol. The van der Waals surface area contributed by atoms with Crippen LogP contribution in [0, 0.1) is 11.7 Å². The van der Waals surface area contributed by atoms with Gasteiger partial charge in [0.2, 0.25) is 0 Å². The fourth-order valence-electron chi connectivity index (χ4n) is 7.23. The van der Waals surface area contributed by atoms with E-state index in [2.05, 4.69) is 52.9 Å². The van der Waals surface area contributed by atoms with E-state index < -0.39 is 14.1 Å². The number of hydrogen-bond acceptors (Lipinski definition) is 8. The molecule has 0 unspecified atom stereocenters. The summed E-state index contributed by atoms with van der Waals surface area (Å²) < 4.78 is 36.0. The molecule has 7 rings (SSSR count). The van der Waals surface area contributed by atoms with Crippen molar-refractivity contribution >= 4 is 31.5 Å². The first-order valence-corrected chi connectivity index (χ1v) is 21.4. The van der Waals surface area contributed by atoms with Gasteiger partial charge >= 0.3 is 5.97 Å². The molecule has 2 aromatic heterocycles. The summed E-state index contributed by atoms with van der Waals surface area (Å²) in [6, 6.07) is 15.1. The highest BCUT2D eigenvalue weighted by Gasteiger charge is 2.37. The Balaban J connectivity index is 1.23. The summed E-state index contributed by atoms with van der Waals surface area (Å²) in [6.45, 7) is 15.2. The van der Waals surface area contributed by atoms with Crippen molar-refractivity contribution in [3.8, 4) is 17.0 Å². The van der Waals surface area contributed by atoms with Crippen LogP contribution < -0.4 is 9.64 Å². The number of nitrogens with zero attached hydrogens (tertiary/aromatic N) is 5. The number of fused-ring (bicyclic) bond motifs is 2. The zero-order valence-corrected chi connectivity index (χ0v) is 32.4.